The van der Waals surface area contributed by atoms with Gasteiger partial charge in [0.1, 0.15) is 5.69 Å². The van der Waals surface area contributed by atoms with Crippen molar-refractivity contribution in [1.29, 1.82) is 0 Å². The molecule has 4 nitrogen and oxygen atoms in total. The molecule has 0 aliphatic carbocycles. The molecule has 0 bridgehead atoms. The van der Waals surface area contributed by atoms with Crippen LogP contribution in [0.15, 0.2) is 22.8 Å². The summed E-state index contributed by atoms with van der Waals surface area (Å²) in [6.45, 7) is 3.89. The lowest BCUT2D eigenvalue weighted by Crippen LogP contribution is -2.26. The molecule has 3 heterocycles. The van der Waals surface area contributed by atoms with Crippen LogP contribution in [0.5, 0.6) is 0 Å². The summed E-state index contributed by atoms with van der Waals surface area (Å²) in [5, 5.41) is 3.35. The lowest BCUT2D eigenvalue weighted by atomic mass is 10.1. The van der Waals surface area contributed by atoms with Crippen molar-refractivity contribution in [3.05, 3.63) is 39.8 Å². The van der Waals surface area contributed by atoms with E-state index in [1.54, 1.807) is 6.20 Å². The largest absolute Gasteiger partial charge is 0.312 e. The maximum Gasteiger partial charge on any atom is 0.178 e. The van der Waals surface area contributed by atoms with Crippen molar-refractivity contribution in [3.8, 4) is 11.5 Å². The zero-order valence-electron chi connectivity index (χ0n) is 10.1. The molecule has 5 heteroatoms. The minimum atomic E-state index is 0.723. The lowest BCUT2D eigenvalue weighted by Gasteiger charge is -2.18. The van der Waals surface area contributed by atoms with Crippen LogP contribution in [0.4, 0.5) is 0 Å². The minimum Gasteiger partial charge on any atom is -0.312 e. The number of nitrogens with zero attached hydrogens (tertiary/aromatic N) is 3. The van der Waals surface area contributed by atoms with Gasteiger partial charge >= 0.3 is 0 Å². The average Bonchev–Trinajstić information content (AvgIpc) is 2.39. The van der Waals surface area contributed by atoms with Gasteiger partial charge < -0.3 is 5.32 Å². The molecule has 0 atom stereocenters. The van der Waals surface area contributed by atoms with E-state index < -0.39 is 0 Å². The van der Waals surface area contributed by atoms with Crippen LogP contribution in [0.25, 0.3) is 11.5 Å². The number of hydrogen-bond acceptors (Lipinski definition) is 4. The Morgan fingerprint density at radius 1 is 1.28 bits per heavy atom. The van der Waals surface area contributed by atoms with Gasteiger partial charge in [-0.25, -0.2) is 9.97 Å². The molecular weight excluding hydrogens is 292 g/mol. The third kappa shape index (κ3) is 2.15. The Kier molecular flexibility index (Phi) is 3.09. The van der Waals surface area contributed by atoms with Gasteiger partial charge in [-0.15, -0.1) is 0 Å². The number of fused-ring (bicyclic) bond motifs is 1. The zero-order valence-corrected chi connectivity index (χ0v) is 11.7. The van der Waals surface area contributed by atoms with E-state index in [0.29, 0.717) is 0 Å². The van der Waals surface area contributed by atoms with E-state index in [1.165, 1.54) is 5.56 Å². The fourth-order valence-corrected chi connectivity index (χ4v) is 2.37. The summed E-state index contributed by atoms with van der Waals surface area (Å²) in [5.41, 5.74) is 4.26. The number of rotatable bonds is 1. The molecule has 0 fully saturated rings. The number of nitrogens with one attached hydrogen (secondary N) is 1. The van der Waals surface area contributed by atoms with E-state index >= 15 is 0 Å². The quantitative estimate of drug-likeness (QED) is 0.878. The standard InChI is InChI=1S/C13H13BrN4/c1-8-10-7-15-5-4-11(10)18-13(17-8)12-3-2-9(14)6-16-12/h2-3,6,15H,4-5,7H2,1H3. The van der Waals surface area contributed by atoms with Crippen molar-refractivity contribution in [3.63, 3.8) is 0 Å². The highest BCUT2D eigenvalue weighted by atomic mass is 79.9. The van der Waals surface area contributed by atoms with E-state index in [9.17, 15) is 0 Å². The van der Waals surface area contributed by atoms with E-state index in [1.807, 2.05) is 19.1 Å². The van der Waals surface area contributed by atoms with Gasteiger partial charge in [-0.3, -0.25) is 4.98 Å². The summed E-state index contributed by atoms with van der Waals surface area (Å²) in [4.78, 5) is 13.6. The van der Waals surface area contributed by atoms with Crippen LogP contribution >= 0.6 is 15.9 Å². The van der Waals surface area contributed by atoms with Gasteiger partial charge in [-0.1, -0.05) is 0 Å². The molecule has 0 saturated heterocycles. The van der Waals surface area contributed by atoms with Crippen LogP contribution in [0.3, 0.4) is 0 Å². The molecule has 3 rings (SSSR count). The monoisotopic (exact) mass is 304 g/mol. The summed E-state index contributed by atoms with van der Waals surface area (Å²) in [7, 11) is 0. The van der Waals surface area contributed by atoms with Gasteiger partial charge in [-0.05, 0) is 35.0 Å². The van der Waals surface area contributed by atoms with Crippen molar-refractivity contribution in [1.82, 2.24) is 20.3 Å². The Hall–Kier alpha value is -1.33. The Bertz CT molecular complexity index is 580. The van der Waals surface area contributed by atoms with Crippen LogP contribution in [0.1, 0.15) is 17.0 Å². The summed E-state index contributed by atoms with van der Waals surface area (Å²) in [6, 6.07) is 3.90. The molecule has 0 amide bonds. The van der Waals surface area contributed by atoms with Crippen LogP contribution < -0.4 is 5.32 Å². The van der Waals surface area contributed by atoms with Crippen LogP contribution in [0.2, 0.25) is 0 Å². The normalized spacial score (nSPS) is 14.3. The fourth-order valence-electron chi connectivity index (χ4n) is 2.14. The first kappa shape index (κ1) is 11.7. The fraction of sp³-hybridized carbons (Fsp3) is 0.308. The smallest absolute Gasteiger partial charge is 0.178 e. The zero-order chi connectivity index (χ0) is 12.5. The molecule has 0 aromatic carbocycles. The third-order valence-electron chi connectivity index (χ3n) is 3.10. The molecule has 92 valence electrons. The number of aromatic nitrogens is 3. The summed E-state index contributed by atoms with van der Waals surface area (Å²) in [6.07, 6.45) is 2.73. The third-order valence-corrected chi connectivity index (χ3v) is 3.57. The predicted octanol–water partition coefficient (Wildman–Crippen LogP) is 2.26. The maximum absolute atomic E-state index is 4.65. The van der Waals surface area contributed by atoms with Crippen LogP contribution in [-0.4, -0.2) is 21.5 Å². The van der Waals surface area contributed by atoms with E-state index in [-0.39, 0.29) is 0 Å². The lowest BCUT2D eigenvalue weighted by molar-refractivity contribution is 0.621. The molecular formula is C13H13BrN4. The highest BCUT2D eigenvalue weighted by Crippen LogP contribution is 2.20. The van der Waals surface area contributed by atoms with Crippen molar-refractivity contribution in [2.24, 2.45) is 0 Å². The number of hydrogen-bond donors (Lipinski definition) is 1. The number of aryl methyl sites for hydroxylation is 1. The van der Waals surface area contributed by atoms with Crippen molar-refractivity contribution in [2.75, 3.05) is 6.54 Å². The SMILES string of the molecule is Cc1nc(-c2ccc(Br)cn2)nc2c1CNCC2. The molecule has 1 aliphatic rings. The maximum atomic E-state index is 4.65. The van der Waals surface area contributed by atoms with Gasteiger partial charge in [0.15, 0.2) is 5.82 Å². The second kappa shape index (κ2) is 4.74. The molecule has 2 aromatic heterocycles. The summed E-state index contributed by atoms with van der Waals surface area (Å²) >= 11 is 3.38. The van der Waals surface area contributed by atoms with Gasteiger partial charge in [-0.2, -0.15) is 0 Å². The Morgan fingerprint density at radius 3 is 2.94 bits per heavy atom. The molecule has 2 aromatic rings. The van der Waals surface area contributed by atoms with Crippen LogP contribution in [0, 0.1) is 6.92 Å². The second-order valence-electron chi connectivity index (χ2n) is 4.35. The van der Waals surface area contributed by atoms with Gasteiger partial charge in [0.25, 0.3) is 0 Å². The summed E-state index contributed by atoms with van der Waals surface area (Å²) in [5.74, 6) is 0.723. The molecule has 1 aliphatic heterocycles. The molecule has 1 N–H and O–H groups in total. The molecule has 0 unspecified atom stereocenters. The predicted molar refractivity (Wildman–Crippen MR) is 73.1 cm³/mol. The first-order valence-electron chi connectivity index (χ1n) is 5.93. The van der Waals surface area contributed by atoms with E-state index in [0.717, 1.165) is 46.9 Å². The Morgan fingerprint density at radius 2 is 2.17 bits per heavy atom. The summed E-state index contributed by atoms with van der Waals surface area (Å²) < 4.78 is 0.963. The topological polar surface area (TPSA) is 50.7 Å². The molecule has 0 saturated carbocycles. The molecule has 18 heavy (non-hydrogen) atoms. The van der Waals surface area contributed by atoms with E-state index in [2.05, 4.69) is 36.2 Å². The van der Waals surface area contributed by atoms with Gasteiger partial charge in [0.2, 0.25) is 0 Å². The van der Waals surface area contributed by atoms with Crippen LogP contribution in [-0.2, 0) is 13.0 Å². The molecule has 0 radical (unpaired) electrons. The minimum absolute atomic E-state index is 0.723. The van der Waals surface area contributed by atoms with Crippen molar-refractivity contribution in [2.45, 2.75) is 19.9 Å². The Labute approximate surface area is 114 Å². The van der Waals surface area contributed by atoms with Crippen molar-refractivity contribution < 1.29 is 0 Å². The van der Waals surface area contributed by atoms with E-state index in [4.69, 9.17) is 0 Å². The Balaban J connectivity index is 2.08. The van der Waals surface area contributed by atoms with Gasteiger partial charge in [0.05, 0.1) is 5.69 Å². The highest BCUT2D eigenvalue weighted by molar-refractivity contribution is 9.10. The van der Waals surface area contributed by atoms with Gasteiger partial charge in [0, 0.05) is 41.4 Å². The van der Waals surface area contributed by atoms with Crippen molar-refractivity contribution >= 4 is 15.9 Å². The first-order chi connectivity index (χ1) is 8.74. The number of pyridine rings is 1. The highest BCUT2D eigenvalue weighted by Gasteiger charge is 2.16. The second-order valence-corrected chi connectivity index (χ2v) is 5.26. The first-order valence-corrected chi connectivity index (χ1v) is 6.72. The average molecular weight is 305 g/mol. The number of halogens is 1. The molecule has 0 spiro atoms.